The molecular formula is C33H43N6O17P+2. The lowest BCUT2D eigenvalue weighted by Gasteiger charge is -2.26. The van der Waals surface area contributed by atoms with Gasteiger partial charge in [-0.1, -0.05) is 0 Å². The van der Waals surface area contributed by atoms with E-state index in [9.17, 15) is 54.5 Å². The van der Waals surface area contributed by atoms with Crippen molar-refractivity contribution >= 4 is 25.5 Å². The lowest BCUT2D eigenvalue weighted by atomic mass is 10.1. The van der Waals surface area contributed by atoms with E-state index in [4.69, 9.17) is 45.6 Å². The monoisotopic (exact) mass is 826 g/mol. The molecule has 23 nitrogen and oxygen atoms in total. The van der Waals surface area contributed by atoms with Crippen molar-refractivity contribution in [2.24, 2.45) is 17.2 Å². The van der Waals surface area contributed by atoms with E-state index in [1.807, 2.05) is 0 Å². The number of phosphoric acid groups is 1. The smallest absolute Gasteiger partial charge is 0.292 e. The van der Waals surface area contributed by atoms with Gasteiger partial charge in [-0.25, -0.2) is 0 Å². The number of rotatable bonds is 13. The van der Waals surface area contributed by atoms with Gasteiger partial charge in [0, 0.05) is 18.2 Å². The van der Waals surface area contributed by atoms with Crippen molar-refractivity contribution in [2.45, 2.75) is 73.6 Å². The van der Waals surface area contributed by atoms with Crippen LogP contribution in [0.15, 0.2) is 73.6 Å². The van der Waals surface area contributed by atoms with Crippen LogP contribution in [0.25, 0.3) is 0 Å². The summed E-state index contributed by atoms with van der Waals surface area (Å²) in [7, 11) is -5.05. The summed E-state index contributed by atoms with van der Waals surface area (Å²) in [5, 5.41) is 69.8. The van der Waals surface area contributed by atoms with Crippen molar-refractivity contribution in [2.75, 3.05) is 19.8 Å². The molecule has 24 heteroatoms. The summed E-state index contributed by atoms with van der Waals surface area (Å²) < 4.78 is 42.3. The third-order valence-corrected chi connectivity index (χ3v) is 10.1. The van der Waals surface area contributed by atoms with Crippen LogP contribution < -0.4 is 35.8 Å². The Labute approximate surface area is 322 Å². The van der Waals surface area contributed by atoms with Gasteiger partial charge in [0.15, 0.2) is 55.5 Å². The van der Waals surface area contributed by atoms with Gasteiger partial charge in [0.1, 0.15) is 53.3 Å². The van der Waals surface area contributed by atoms with E-state index in [2.05, 4.69) is 0 Å². The number of pyridine rings is 3. The number of ether oxygens (including phenoxy) is 3. The van der Waals surface area contributed by atoms with Gasteiger partial charge in [-0.15, -0.1) is 0 Å². The molecule has 3 aromatic rings. The Kier molecular flexibility index (Phi) is 14.1. The molecule has 3 saturated heterocycles. The Morgan fingerprint density at radius 2 is 0.895 bits per heavy atom. The highest BCUT2D eigenvalue weighted by Crippen LogP contribution is 2.41. The number of hydrogen-bond donors (Lipinski definition) is 10. The third kappa shape index (κ3) is 10.2. The zero-order valence-corrected chi connectivity index (χ0v) is 30.6. The van der Waals surface area contributed by atoms with Crippen LogP contribution in [0.2, 0.25) is 0 Å². The van der Waals surface area contributed by atoms with Crippen molar-refractivity contribution in [3.63, 3.8) is 0 Å². The summed E-state index contributed by atoms with van der Waals surface area (Å²) >= 11 is 0. The topological polar surface area (TPSA) is 369 Å². The Morgan fingerprint density at radius 1 is 0.596 bits per heavy atom. The number of carbonyl (C=O) groups is 3. The maximum atomic E-state index is 12.3. The summed E-state index contributed by atoms with van der Waals surface area (Å²) in [6, 6.07) is 8.92. The molecule has 6 rings (SSSR count). The van der Waals surface area contributed by atoms with Crippen LogP contribution in [0.4, 0.5) is 0 Å². The average molecular weight is 827 g/mol. The molecule has 3 aliphatic heterocycles. The van der Waals surface area contributed by atoms with Gasteiger partial charge >= 0.3 is 0 Å². The largest absolute Gasteiger partial charge is 0.756 e. The van der Waals surface area contributed by atoms with Crippen molar-refractivity contribution in [1.29, 1.82) is 0 Å². The molecule has 3 unspecified atom stereocenters. The minimum atomic E-state index is -5.05. The first-order chi connectivity index (χ1) is 26.9. The maximum Gasteiger partial charge on any atom is 0.292 e. The second-order valence-electron chi connectivity index (χ2n) is 13.1. The standard InChI is InChI=1S/C22H27N4O12P.C11H14N2O5/c23-19(31)11-3-1-5-25(7-11)21-17(29)15(27)13(37-21)9-35-39(33,34)36-10-14-16(28)18(30)22(38-14)26-6-2-4-12(8-26)20(24)32;12-10(17)6-2-1-3-13(4-6)11-9(16)8(15)7(5-14)18-11/h1-8,13-18,21-22,27-30H,9-10H2,(H3-2,23,24,31,32,33,34);1-4,7-9,11,14-16H,5H2,(H-,12,17)/p+2/t13?,14?,15-,16-,17-,18-,21-,22-;7?,8-,9-,11-/m11/s1. The maximum absolute atomic E-state index is 12.3. The Hall–Kier alpha value is -4.43. The van der Waals surface area contributed by atoms with E-state index in [0.717, 1.165) is 0 Å². The number of primary amides is 3. The highest BCUT2D eigenvalue weighted by atomic mass is 31.2. The van der Waals surface area contributed by atoms with E-state index in [0.29, 0.717) is 0 Å². The first-order valence-corrected chi connectivity index (χ1v) is 18.6. The molecule has 0 aromatic carbocycles. The molecule has 0 bridgehead atoms. The molecule has 0 radical (unpaired) electrons. The molecule has 57 heavy (non-hydrogen) atoms. The molecule has 6 heterocycles. The summed E-state index contributed by atoms with van der Waals surface area (Å²) in [5.74, 6) is -2.06. The second-order valence-corrected chi connectivity index (χ2v) is 14.5. The van der Waals surface area contributed by atoms with Crippen LogP contribution in [0.3, 0.4) is 0 Å². The number of aliphatic hydroxyl groups is 7. The zero-order valence-electron chi connectivity index (χ0n) is 29.7. The Balaban J connectivity index is 0.000000287. The fourth-order valence-electron chi connectivity index (χ4n) is 6.11. The normalized spacial score (nSPS) is 31.9. The SMILES string of the molecule is NC(=O)c1ccc[n+]([C@@H]2OC(CO)[C@@H](O)[C@H]2O)c1.NC(=O)c1ccc[n+]([C@@H]2OC(COP(=O)([O-])OCC3O[C@@H]([n+]4cccc(C(N)=O)c4)[C@H](O)[C@@H]3O)[C@@H](O)[C@H]2O)c1. The second kappa shape index (κ2) is 18.4. The number of aliphatic hydroxyl groups excluding tert-OH is 7. The molecule has 12 atom stereocenters. The molecule has 3 aliphatic rings. The lowest BCUT2D eigenvalue weighted by molar-refractivity contribution is -0.766. The molecule has 0 aliphatic carbocycles. The number of aromatic nitrogens is 3. The minimum Gasteiger partial charge on any atom is -0.756 e. The van der Waals surface area contributed by atoms with Crippen molar-refractivity contribution in [1.82, 2.24) is 0 Å². The number of hydrogen-bond acceptors (Lipinski definition) is 17. The highest BCUT2D eigenvalue weighted by Gasteiger charge is 2.51. The molecule has 3 amide bonds. The van der Waals surface area contributed by atoms with Gasteiger partial charge in [0.2, 0.25) is 0 Å². The van der Waals surface area contributed by atoms with Crippen LogP contribution in [-0.2, 0) is 27.8 Å². The Bertz CT molecular complexity index is 1870. The predicted octanol–water partition coefficient (Wildman–Crippen LogP) is -6.42. The number of nitrogens with zero attached hydrogens (tertiary/aromatic N) is 3. The molecule has 0 saturated carbocycles. The van der Waals surface area contributed by atoms with Crippen molar-refractivity contribution in [3.8, 4) is 0 Å². The van der Waals surface area contributed by atoms with E-state index in [1.165, 1.54) is 75.0 Å². The fourth-order valence-corrected chi connectivity index (χ4v) is 6.84. The predicted molar refractivity (Wildman–Crippen MR) is 180 cm³/mol. The molecule has 3 fully saturated rings. The quantitative estimate of drug-likeness (QED) is 0.0566. The van der Waals surface area contributed by atoms with Crippen LogP contribution >= 0.6 is 7.82 Å². The van der Waals surface area contributed by atoms with E-state index in [-0.39, 0.29) is 16.7 Å². The van der Waals surface area contributed by atoms with Gasteiger partial charge in [0.25, 0.3) is 44.2 Å². The van der Waals surface area contributed by atoms with E-state index in [1.54, 1.807) is 12.3 Å². The number of amides is 3. The van der Waals surface area contributed by atoms with Crippen molar-refractivity contribution in [3.05, 3.63) is 90.3 Å². The summed E-state index contributed by atoms with van der Waals surface area (Å²) in [5.41, 5.74) is 16.1. The summed E-state index contributed by atoms with van der Waals surface area (Å²) in [6.45, 7) is -1.87. The lowest BCUT2D eigenvalue weighted by Crippen LogP contribution is -2.46. The number of nitrogens with two attached hydrogens (primary N) is 3. The van der Waals surface area contributed by atoms with Crippen LogP contribution in [0.5, 0.6) is 0 Å². The number of phosphoric ester groups is 1. The van der Waals surface area contributed by atoms with Gasteiger partial charge in [-0.2, -0.15) is 13.7 Å². The minimum absolute atomic E-state index is 0.114. The first-order valence-electron chi connectivity index (χ1n) is 17.1. The molecular weight excluding hydrogens is 783 g/mol. The molecule has 3 aromatic heterocycles. The van der Waals surface area contributed by atoms with E-state index >= 15 is 0 Å². The third-order valence-electron chi connectivity index (χ3n) is 9.19. The van der Waals surface area contributed by atoms with Gasteiger partial charge < -0.3 is 81.1 Å². The first kappa shape index (κ1) is 43.7. The average Bonchev–Trinajstić information content (AvgIpc) is 3.77. The van der Waals surface area contributed by atoms with Crippen LogP contribution in [0, 0.1) is 0 Å². The zero-order chi connectivity index (χ0) is 41.8. The van der Waals surface area contributed by atoms with Gasteiger partial charge in [0.05, 0.1) is 19.8 Å². The molecule has 13 N–H and O–H groups in total. The summed E-state index contributed by atoms with van der Waals surface area (Å²) in [6.07, 6.45) is -6.62. The number of carbonyl (C=O) groups excluding carboxylic acids is 3. The Morgan fingerprint density at radius 3 is 1.18 bits per heavy atom. The highest BCUT2D eigenvalue weighted by molar-refractivity contribution is 7.45. The van der Waals surface area contributed by atoms with Crippen LogP contribution in [0.1, 0.15) is 49.8 Å². The summed E-state index contributed by atoms with van der Waals surface area (Å²) in [4.78, 5) is 46.2. The molecule has 0 spiro atoms. The van der Waals surface area contributed by atoms with Gasteiger partial charge in [-0.3, -0.25) is 18.9 Å². The van der Waals surface area contributed by atoms with E-state index < -0.39 is 119 Å². The fraction of sp³-hybridized carbons (Fsp3) is 0.455. The van der Waals surface area contributed by atoms with Gasteiger partial charge in [-0.05, 0) is 18.2 Å². The van der Waals surface area contributed by atoms with Crippen LogP contribution in [-0.4, -0.2) is 128 Å². The van der Waals surface area contributed by atoms with Crippen molar-refractivity contribution < 1.29 is 96.5 Å². The molecule has 310 valence electrons.